The molecule has 2 atom stereocenters. The van der Waals surface area contributed by atoms with Crippen LogP contribution in [-0.4, -0.2) is 0 Å². The summed E-state index contributed by atoms with van der Waals surface area (Å²) >= 11 is 0. The van der Waals surface area contributed by atoms with E-state index in [1.807, 2.05) is 6.08 Å². The number of rotatable bonds is 2. The molecular weight excluding hydrogens is 132 g/mol. The summed E-state index contributed by atoms with van der Waals surface area (Å²) in [6.45, 7) is 8.31. The Kier molecular flexibility index (Phi) is 2.92. The summed E-state index contributed by atoms with van der Waals surface area (Å²) in [5, 5.41) is 0. The van der Waals surface area contributed by atoms with Gasteiger partial charge in [-0.1, -0.05) is 44.1 Å². The molecule has 1 aliphatic carbocycles. The second kappa shape index (κ2) is 3.75. The lowest BCUT2D eigenvalue weighted by Crippen LogP contribution is -2.04. The van der Waals surface area contributed by atoms with Gasteiger partial charge in [0.25, 0.3) is 0 Å². The molecule has 0 bridgehead atoms. The Bertz CT molecular complexity index is 165. The monoisotopic (exact) mass is 150 g/mol. The number of hydrogen-bond donors (Lipinski definition) is 0. The molecule has 0 aromatic heterocycles. The third kappa shape index (κ3) is 1.95. The molecule has 62 valence electrons. The second-order valence-corrected chi connectivity index (χ2v) is 3.66. The first-order chi connectivity index (χ1) is 5.25. The van der Waals surface area contributed by atoms with Crippen LogP contribution in [0.2, 0.25) is 0 Å². The third-order valence-electron chi connectivity index (χ3n) is 2.83. The van der Waals surface area contributed by atoms with Gasteiger partial charge in [-0.2, -0.15) is 0 Å². The molecule has 1 aliphatic rings. The molecule has 0 spiro atoms. The quantitative estimate of drug-likeness (QED) is 0.528. The molecule has 11 heavy (non-hydrogen) atoms. The van der Waals surface area contributed by atoms with Crippen molar-refractivity contribution in [2.24, 2.45) is 11.8 Å². The van der Waals surface area contributed by atoms with Gasteiger partial charge in [-0.25, -0.2) is 0 Å². The molecule has 0 N–H and O–H groups in total. The lowest BCUT2D eigenvalue weighted by Gasteiger charge is -2.15. The van der Waals surface area contributed by atoms with E-state index < -0.39 is 0 Å². The Morgan fingerprint density at radius 3 is 2.64 bits per heavy atom. The lowest BCUT2D eigenvalue weighted by molar-refractivity contribution is 0.480. The molecule has 1 saturated carbocycles. The van der Waals surface area contributed by atoms with Gasteiger partial charge in [-0.05, 0) is 25.2 Å². The standard InChI is InChI=1S/C11H18/c1-4-6-9(2)11-8-5-7-10(11)3/h4,6,10-11H,1,5,7-8H2,2-3H3/b9-6+. The van der Waals surface area contributed by atoms with Crippen LogP contribution in [0.1, 0.15) is 33.1 Å². The minimum absolute atomic E-state index is 0.841. The molecule has 0 heterocycles. The van der Waals surface area contributed by atoms with E-state index in [1.54, 1.807) is 0 Å². The minimum atomic E-state index is 0.841. The number of allylic oxidation sites excluding steroid dienone is 3. The van der Waals surface area contributed by atoms with Crippen molar-refractivity contribution in [3.63, 3.8) is 0 Å². The van der Waals surface area contributed by atoms with E-state index in [4.69, 9.17) is 0 Å². The van der Waals surface area contributed by atoms with Gasteiger partial charge >= 0.3 is 0 Å². The average Bonchev–Trinajstić information content (AvgIpc) is 2.36. The van der Waals surface area contributed by atoms with Crippen molar-refractivity contribution in [2.75, 3.05) is 0 Å². The van der Waals surface area contributed by atoms with Crippen LogP contribution >= 0.6 is 0 Å². The summed E-state index contributed by atoms with van der Waals surface area (Å²) in [7, 11) is 0. The van der Waals surface area contributed by atoms with Gasteiger partial charge in [-0.3, -0.25) is 0 Å². The Balaban J connectivity index is 2.58. The number of hydrogen-bond acceptors (Lipinski definition) is 0. The highest BCUT2D eigenvalue weighted by molar-refractivity contribution is 5.13. The fourth-order valence-electron chi connectivity index (χ4n) is 2.13. The van der Waals surface area contributed by atoms with Crippen molar-refractivity contribution in [2.45, 2.75) is 33.1 Å². The van der Waals surface area contributed by atoms with Crippen molar-refractivity contribution in [1.29, 1.82) is 0 Å². The van der Waals surface area contributed by atoms with Crippen LogP contribution in [0.3, 0.4) is 0 Å². The van der Waals surface area contributed by atoms with E-state index in [-0.39, 0.29) is 0 Å². The Morgan fingerprint density at radius 1 is 1.45 bits per heavy atom. The maximum atomic E-state index is 3.72. The zero-order chi connectivity index (χ0) is 8.27. The minimum Gasteiger partial charge on any atom is -0.0991 e. The maximum Gasteiger partial charge on any atom is -0.0177 e. The van der Waals surface area contributed by atoms with E-state index in [2.05, 4.69) is 26.5 Å². The van der Waals surface area contributed by atoms with Gasteiger partial charge < -0.3 is 0 Å². The fraction of sp³-hybridized carbons (Fsp3) is 0.636. The first kappa shape index (κ1) is 8.58. The molecule has 0 aliphatic heterocycles. The fourth-order valence-corrected chi connectivity index (χ4v) is 2.13. The summed E-state index contributed by atoms with van der Waals surface area (Å²) < 4.78 is 0. The van der Waals surface area contributed by atoms with Crippen LogP contribution < -0.4 is 0 Å². The zero-order valence-electron chi connectivity index (χ0n) is 7.64. The van der Waals surface area contributed by atoms with E-state index in [1.165, 1.54) is 24.8 Å². The topological polar surface area (TPSA) is 0 Å². The Morgan fingerprint density at radius 2 is 2.18 bits per heavy atom. The Hall–Kier alpha value is -0.520. The first-order valence-electron chi connectivity index (χ1n) is 4.55. The first-order valence-corrected chi connectivity index (χ1v) is 4.55. The van der Waals surface area contributed by atoms with Crippen molar-refractivity contribution in [3.05, 3.63) is 24.3 Å². The molecule has 0 amide bonds. The van der Waals surface area contributed by atoms with Gasteiger partial charge in [0.2, 0.25) is 0 Å². The molecule has 0 saturated heterocycles. The third-order valence-corrected chi connectivity index (χ3v) is 2.83. The van der Waals surface area contributed by atoms with Crippen molar-refractivity contribution < 1.29 is 0 Å². The summed E-state index contributed by atoms with van der Waals surface area (Å²) in [6.07, 6.45) is 8.27. The normalized spacial score (nSPS) is 32.4. The smallest absolute Gasteiger partial charge is 0.0177 e. The maximum absolute atomic E-state index is 3.72. The predicted molar refractivity (Wildman–Crippen MR) is 50.5 cm³/mol. The van der Waals surface area contributed by atoms with Gasteiger partial charge in [0.1, 0.15) is 0 Å². The van der Waals surface area contributed by atoms with E-state index >= 15 is 0 Å². The summed E-state index contributed by atoms with van der Waals surface area (Å²) in [5.74, 6) is 1.74. The summed E-state index contributed by atoms with van der Waals surface area (Å²) in [6, 6.07) is 0. The Labute approximate surface area is 70.0 Å². The van der Waals surface area contributed by atoms with Crippen molar-refractivity contribution in [1.82, 2.24) is 0 Å². The van der Waals surface area contributed by atoms with Gasteiger partial charge in [0.15, 0.2) is 0 Å². The molecule has 1 fully saturated rings. The molecule has 1 rings (SSSR count). The molecule has 0 heteroatoms. The molecule has 0 aromatic rings. The second-order valence-electron chi connectivity index (χ2n) is 3.66. The molecule has 0 aromatic carbocycles. The van der Waals surface area contributed by atoms with Crippen LogP contribution in [0.5, 0.6) is 0 Å². The van der Waals surface area contributed by atoms with E-state index in [0.717, 1.165) is 11.8 Å². The van der Waals surface area contributed by atoms with Crippen LogP contribution in [0.25, 0.3) is 0 Å². The van der Waals surface area contributed by atoms with Gasteiger partial charge in [-0.15, -0.1) is 0 Å². The van der Waals surface area contributed by atoms with E-state index in [0.29, 0.717) is 0 Å². The average molecular weight is 150 g/mol. The van der Waals surface area contributed by atoms with Gasteiger partial charge in [0.05, 0.1) is 0 Å². The highest BCUT2D eigenvalue weighted by Crippen LogP contribution is 2.35. The molecule has 2 unspecified atom stereocenters. The lowest BCUT2D eigenvalue weighted by atomic mass is 9.91. The SMILES string of the molecule is C=C/C=C(\C)C1CCCC1C. The van der Waals surface area contributed by atoms with Crippen LogP contribution in [-0.2, 0) is 0 Å². The van der Waals surface area contributed by atoms with Crippen LogP contribution in [0.4, 0.5) is 0 Å². The highest BCUT2D eigenvalue weighted by Gasteiger charge is 2.23. The van der Waals surface area contributed by atoms with Gasteiger partial charge in [0, 0.05) is 0 Å². The van der Waals surface area contributed by atoms with Crippen molar-refractivity contribution >= 4 is 0 Å². The highest BCUT2D eigenvalue weighted by atomic mass is 14.3. The van der Waals surface area contributed by atoms with Crippen LogP contribution in [0, 0.1) is 11.8 Å². The molecule has 0 nitrogen and oxygen atoms in total. The summed E-state index contributed by atoms with van der Waals surface area (Å²) in [5.41, 5.74) is 1.52. The predicted octanol–water partition coefficient (Wildman–Crippen LogP) is 3.55. The molecular formula is C11H18. The van der Waals surface area contributed by atoms with Crippen LogP contribution in [0.15, 0.2) is 24.3 Å². The van der Waals surface area contributed by atoms with Crippen molar-refractivity contribution in [3.8, 4) is 0 Å². The molecule has 0 radical (unpaired) electrons. The largest absolute Gasteiger partial charge is 0.0991 e. The van der Waals surface area contributed by atoms with E-state index in [9.17, 15) is 0 Å². The zero-order valence-corrected chi connectivity index (χ0v) is 7.64. The summed E-state index contributed by atoms with van der Waals surface area (Å²) in [4.78, 5) is 0.